The standard InChI is InChI=1S/C20H14ClP/c21-22(19-12-5-2-6-13-19)20-14-8-7-11-18(20)16-15-17-9-3-1-4-10-17/h1-14H. The minimum Gasteiger partial charge on any atom is -0.0858 e. The Morgan fingerprint density at radius 1 is 0.636 bits per heavy atom. The minimum atomic E-state index is -0.902. The van der Waals surface area contributed by atoms with Crippen molar-refractivity contribution in [2.24, 2.45) is 0 Å². The summed E-state index contributed by atoms with van der Waals surface area (Å²) in [4.78, 5) is 0. The fourth-order valence-corrected chi connectivity index (χ4v) is 4.16. The van der Waals surface area contributed by atoms with Crippen molar-refractivity contribution in [3.8, 4) is 11.8 Å². The predicted molar refractivity (Wildman–Crippen MR) is 97.3 cm³/mol. The molecule has 106 valence electrons. The van der Waals surface area contributed by atoms with Gasteiger partial charge in [0.15, 0.2) is 0 Å². The summed E-state index contributed by atoms with van der Waals surface area (Å²) in [5.74, 6) is 6.47. The first-order valence-corrected chi connectivity index (χ1v) is 9.26. The fraction of sp³-hybridized carbons (Fsp3) is 0. The molecule has 3 aromatic rings. The van der Waals surface area contributed by atoms with Gasteiger partial charge in [0.1, 0.15) is 0 Å². The van der Waals surface area contributed by atoms with Gasteiger partial charge in [-0.3, -0.25) is 0 Å². The summed E-state index contributed by atoms with van der Waals surface area (Å²) in [5.41, 5.74) is 2.01. The van der Waals surface area contributed by atoms with Crippen molar-refractivity contribution >= 4 is 29.1 Å². The molecule has 0 aliphatic carbocycles. The van der Waals surface area contributed by atoms with Crippen LogP contribution in [0.4, 0.5) is 0 Å². The molecule has 1 unspecified atom stereocenters. The number of hydrogen-bond acceptors (Lipinski definition) is 0. The molecule has 1 atom stereocenters. The molecule has 0 fully saturated rings. The topological polar surface area (TPSA) is 0 Å². The molecule has 3 aromatic carbocycles. The lowest BCUT2D eigenvalue weighted by Gasteiger charge is -2.12. The van der Waals surface area contributed by atoms with E-state index in [-0.39, 0.29) is 0 Å². The average Bonchev–Trinajstić information content (AvgIpc) is 2.61. The molecule has 0 spiro atoms. The van der Waals surface area contributed by atoms with E-state index in [0.717, 1.165) is 21.7 Å². The van der Waals surface area contributed by atoms with Crippen LogP contribution in [0.25, 0.3) is 0 Å². The van der Waals surface area contributed by atoms with Crippen molar-refractivity contribution in [2.75, 3.05) is 0 Å². The molecule has 22 heavy (non-hydrogen) atoms. The molecule has 0 amide bonds. The lowest BCUT2D eigenvalue weighted by molar-refractivity contribution is 1.64. The molecule has 0 radical (unpaired) electrons. The first kappa shape index (κ1) is 14.9. The number of hydrogen-bond donors (Lipinski definition) is 0. The van der Waals surface area contributed by atoms with Gasteiger partial charge >= 0.3 is 0 Å². The fourth-order valence-electron chi connectivity index (χ4n) is 2.11. The van der Waals surface area contributed by atoms with Crippen LogP contribution in [-0.2, 0) is 0 Å². The molecule has 2 heteroatoms. The lowest BCUT2D eigenvalue weighted by Crippen LogP contribution is -2.11. The van der Waals surface area contributed by atoms with Crippen molar-refractivity contribution < 1.29 is 0 Å². The molecule has 0 saturated carbocycles. The van der Waals surface area contributed by atoms with Crippen LogP contribution < -0.4 is 10.6 Å². The molecule has 0 aliphatic rings. The van der Waals surface area contributed by atoms with Gasteiger partial charge < -0.3 is 0 Å². The molecule has 0 aromatic heterocycles. The van der Waals surface area contributed by atoms with E-state index in [1.165, 1.54) is 0 Å². The van der Waals surface area contributed by atoms with E-state index in [9.17, 15) is 0 Å². The zero-order valence-electron chi connectivity index (χ0n) is 11.9. The van der Waals surface area contributed by atoms with Crippen LogP contribution >= 0.6 is 18.5 Å². The van der Waals surface area contributed by atoms with Gasteiger partial charge in [0.2, 0.25) is 0 Å². The molecule has 0 saturated heterocycles. The second kappa shape index (κ2) is 7.28. The van der Waals surface area contributed by atoms with Crippen LogP contribution in [0.3, 0.4) is 0 Å². The van der Waals surface area contributed by atoms with Crippen molar-refractivity contribution in [1.82, 2.24) is 0 Å². The van der Waals surface area contributed by atoms with Crippen LogP contribution in [0.1, 0.15) is 11.1 Å². The van der Waals surface area contributed by atoms with E-state index in [0.29, 0.717) is 0 Å². The van der Waals surface area contributed by atoms with E-state index in [2.05, 4.69) is 30.0 Å². The van der Waals surface area contributed by atoms with Crippen molar-refractivity contribution in [3.05, 3.63) is 96.1 Å². The smallest absolute Gasteiger partial charge is 0.0536 e. The zero-order valence-corrected chi connectivity index (χ0v) is 13.6. The lowest BCUT2D eigenvalue weighted by atomic mass is 10.2. The summed E-state index contributed by atoms with van der Waals surface area (Å²) in [6.07, 6.45) is 0. The highest BCUT2D eigenvalue weighted by molar-refractivity contribution is 7.95. The largest absolute Gasteiger partial charge is 0.0858 e. The summed E-state index contributed by atoms with van der Waals surface area (Å²) in [6.45, 7) is 0. The third kappa shape index (κ3) is 3.58. The van der Waals surface area contributed by atoms with Gasteiger partial charge in [0.25, 0.3) is 0 Å². The maximum atomic E-state index is 6.72. The van der Waals surface area contributed by atoms with Gasteiger partial charge in [-0.15, -0.1) is 0 Å². The van der Waals surface area contributed by atoms with Gasteiger partial charge in [-0.25, -0.2) is 0 Å². The molecule has 0 N–H and O–H groups in total. The predicted octanol–water partition coefficient (Wildman–Crippen LogP) is 4.67. The molecule has 3 rings (SSSR count). The van der Waals surface area contributed by atoms with Gasteiger partial charge in [-0.1, -0.05) is 89.8 Å². The van der Waals surface area contributed by atoms with Crippen molar-refractivity contribution in [3.63, 3.8) is 0 Å². The summed E-state index contributed by atoms with van der Waals surface area (Å²) in [5, 5.41) is 2.25. The van der Waals surface area contributed by atoms with E-state index >= 15 is 0 Å². The van der Waals surface area contributed by atoms with Crippen LogP contribution in [0.5, 0.6) is 0 Å². The Balaban J connectivity index is 1.96. The Bertz CT molecular complexity index is 801. The van der Waals surface area contributed by atoms with E-state index < -0.39 is 7.27 Å². The first-order chi connectivity index (χ1) is 10.8. The molecular weight excluding hydrogens is 307 g/mol. The molecular formula is C20H14ClP. The van der Waals surface area contributed by atoms with Crippen LogP contribution in [0.2, 0.25) is 0 Å². The summed E-state index contributed by atoms with van der Waals surface area (Å²) >= 11 is 6.72. The summed E-state index contributed by atoms with van der Waals surface area (Å²) in [6, 6.07) is 28.3. The summed E-state index contributed by atoms with van der Waals surface area (Å²) in [7, 11) is -0.902. The van der Waals surface area contributed by atoms with Gasteiger partial charge in [-0.05, 0) is 23.5 Å². The summed E-state index contributed by atoms with van der Waals surface area (Å²) < 4.78 is 0. The van der Waals surface area contributed by atoms with Gasteiger partial charge in [0, 0.05) is 16.4 Å². The Labute approximate surface area is 137 Å². The van der Waals surface area contributed by atoms with Crippen molar-refractivity contribution in [2.45, 2.75) is 0 Å². The average molecular weight is 321 g/mol. The SMILES string of the molecule is ClP(c1ccccc1)c1ccccc1C#Cc1ccccc1. The minimum absolute atomic E-state index is 0.902. The Hall–Kier alpha value is -2.06. The highest BCUT2D eigenvalue weighted by atomic mass is 35.7. The highest BCUT2D eigenvalue weighted by Crippen LogP contribution is 2.39. The van der Waals surface area contributed by atoms with E-state index in [1.54, 1.807) is 0 Å². The van der Waals surface area contributed by atoms with Crippen LogP contribution in [-0.4, -0.2) is 0 Å². The monoisotopic (exact) mass is 320 g/mol. The maximum Gasteiger partial charge on any atom is 0.0536 e. The molecule has 0 bridgehead atoms. The van der Waals surface area contributed by atoms with Crippen molar-refractivity contribution in [1.29, 1.82) is 0 Å². The van der Waals surface area contributed by atoms with E-state index in [1.807, 2.05) is 66.7 Å². The Morgan fingerprint density at radius 2 is 1.23 bits per heavy atom. The van der Waals surface area contributed by atoms with Crippen LogP contribution in [0, 0.1) is 11.8 Å². The molecule has 0 heterocycles. The first-order valence-electron chi connectivity index (χ1n) is 7.01. The quantitative estimate of drug-likeness (QED) is 0.475. The Kier molecular flexibility index (Phi) is 4.92. The third-order valence-electron chi connectivity index (χ3n) is 3.21. The number of rotatable bonds is 2. The zero-order chi connectivity index (χ0) is 15.2. The molecule has 0 nitrogen and oxygen atoms in total. The second-order valence-electron chi connectivity index (χ2n) is 4.75. The van der Waals surface area contributed by atoms with Gasteiger partial charge in [-0.2, -0.15) is 0 Å². The third-order valence-corrected chi connectivity index (χ3v) is 5.91. The van der Waals surface area contributed by atoms with Gasteiger partial charge in [0.05, 0.1) is 7.27 Å². The number of benzene rings is 3. The highest BCUT2D eigenvalue weighted by Gasteiger charge is 2.13. The second-order valence-corrected chi connectivity index (χ2v) is 7.32. The molecule has 0 aliphatic heterocycles. The van der Waals surface area contributed by atoms with Crippen LogP contribution in [0.15, 0.2) is 84.9 Å². The Morgan fingerprint density at radius 3 is 1.95 bits per heavy atom. The normalized spacial score (nSPS) is 11.3. The number of halogens is 1. The van der Waals surface area contributed by atoms with E-state index in [4.69, 9.17) is 11.2 Å². The maximum absolute atomic E-state index is 6.72.